The van der Waals surface area contributed by atoms with Gasteiger partial charge >= 0.3 is 5.82 Å². The number of anilines is 2. The molecule has 0 radical (unpaired) electrons. The van der Waals surface area contributed by atoms with Crippen LogP contribution < -0.4 is 15.9 Å². The predicted molar refractivity (Wildman–Crippen MR) is 98.7 cm³/mol. The number of aromatic nitrogens is 3. The van der Waals surface area contributed by atoms with Crippen LogP contribution in [0, 0.1) is 10.1 Å². The molecule has 3 N–H and O–H groups in total. The van der Waals surface area contributed by atoms with Crippen LogP contribution in [0.25, 0.3) is 0 Å². The topological polar surface area (TPSA) is 133 Å². The molecule has 134 valence electrons. The summed E-state index contributed by atoms with van der Waals surface area (Å²) in [5, 5.41) is 21.1. The molecule has 2 heterocycles. The van der Waals surface area contributed by atoms with Gasteiger partial charge < -0.3 is 20.6 Å². The quantitative estimate of drug-likeness (QED) is 0.369. The highest BCUT2D eigenvalue weighted by Crippen LogP contribution is 2.21. The molecule has 0 atom stereocenters. The van der Waals surface area contributed by atoms with Gasteiger partial charge in [-0.1, -0.05) is 0 Å². The molecule has 0 fully saturated rings. The second-order valence-electron chi connectivity index (χ2n) is 5.15. The fourth-order valence-corrected chi connectivity index (χ4v) is 2.76. The van der Waals surface area contributed by atoms with Crippen molar-refractivity contribution >= 4 is 34.3 Å². The van der Waals surface area contributed by atoms with E-state index in [4.69, 9.17) is 10.5 Å². The van der Waals surface area contributed by atoms with Crippen LogP contribution in [0.1, 0.15) is 11.1 Å². The molecule has 0 aliphatic carbocycles. The summed E-state index contributed by atoms with van der Waals surface area (Å²) in [7, 11) is 1.56. The zero-order valence-electron chi connectivity index (χ0n) is 13.7. The van der Waals surface area contributed by atoms with E-state index < -0.39 is 4.92 Å². The van der Waals surface area contributed by atoms with Crippen molar-refractivity contribution in [2.75, 3.05) is 18.3 Å². The first kappa shape index (κ1) is 17.4. The lowest BCUT2D eigenvalue weighted by Gasteiger charge is -2.08. The Morgan fingerprint density at radius 1 is 1.50 bits per heavy atom. The maximum Gasteiger partial charge on any atom is 0.389 e. The Bertz CT molecular complexity index is 950. The van der Waals surface area contributed by atoms with E-state index in [1.807, 2.05) is 12.1 Å². The molecule has 0 saturated carbocycles. The standard InChI is InChI=1S/C15H15N7O3S/c1-25-12-3-2-10(7-17-19-15-18-13(16)9-26-15)6-11(12)8-21-5-4-14(20-21)22(23)24/h2-7,9H,8,16H2,1H3,(H,18,19). The molecule has 26 heavy (non-hydrogen) atoms. The SMILES string of the molecule is COc1ccc(C=NNc2nc(N)cs2)cc1Cn1ccc([N+](=O)[O-])n1. The van der Waals surface area contributed by atoms with Crippen LogP contribution in [0.2, 0.25) is 0 Å². The van der Waals surface area contributed by atoms with E-state index in [9.17, 15) is 10.1 Å². The molecule has 0 unspecified atom stereocenters. The highest BCUT2D eigenvalue weighted by molar-refractivity contribution is 7.14. The van der Waals surface area contributed by atoms with Gasteiger partial charge in [-0.05, 0) is 28.7 Å². The Kier molecular flexibility index (Phi) is 5.08. The first-order chi connectivity index (χ1) is 12.5. The Hall–Kier alpha value is -3.47. The van der Waals surface area contributed by atoms with E-state index in [0.29, 0.717) is 23.2 Å². The minimum absolute atomic E-state index is 0.200. The highest BCUT2D eigenvalue weighted by Gasteiger charge is 2.13. The van der Waals surface area contributed by atoms with Gasteiger partial charge in [-0.2, -0.15) is 9.78 Å². The molecule has 0 spiro atoms. The Morgan fingerprint density at radius 2 is 2.35 bits per heavy atom. The average molecular weight is 373 g/mol. The number of hydrogen-bond donors (Lipinski definition) is 2. The molecular weight excluding hydrogens is 358 g/mol. The van der Waals surface area contributed by atoms with Gasteiger partial charge in [-0.3, -0.25) is 5.43 Å². The number of nitrogens with one attached hydrogen (secondary N) is 1. The second kappa shape index (κ2) is 7.61. The number of nitro groups is 1. The third kappa shape index (κ3) is 4.13. The summed E-state index contributed by atoms with van der Waals surface area (Å²) >= 11 is 1.35. The number of rotatable bonds is 7. The third-order valence-electron chi connectivity index (χ3n) is 3.35. The van der Waals surface area contributed by atoms with Gasteiger partial charge in [0.15, 0.2) is 0 Å². The number of hydrazone groups is 1. The minimum Gasteiger partial charge on any atom is -0.496 e. The van der Waals surface area contributed by atoms with E-state index in [-0.39, 0.29) is 5.82 Å². The number of hydrogen-bond acceptors (Lipinski definition) is 9. The lowest BCUT2D eigenvalue weighted by atomic mass is 10.1. The molecule has 0 aliphatic rings. The number of nitrogens with two attached hydrogens (primary N) is 1. The number of nitrogen functional groups attached to an aromatic ring is 1. The molecule has 3 rings (SSSR count). The number of benzene rings is 1. The summed E-state index contributed by atoms with van der Waals surface area (Å²) in [6, 6.07) is 6.86. The normalized spacial score (nSPS) is 11.0. The maximum atomic E-state index is 10.7. The molecule has 3 aromatic rings. The van der Waals surface area contributed by atoms with Crippen LogP contribution in [-0.2, 0) is 6.54 Å². The molecule has 1 aromatic carbocycles. The number of nitrogens with zero attached hydrogens (tertiary/aromatic N) is 5. The Balaban J connectivity index is 1.75. The smallest absolute Gasteiger partial charge is 0.389 e. The van der Waals surface area contributed by atoms with Crippen molar-refractivity contribution in [2.24, 2.45) is 5.10 Å². The molecular formula is C15H15N7O3S. The molecule has 0 amide bonds. The van der Waals surface area contributed by atoms with E-state index in [1.54, 1.807) is 31.0 Å². The number of ether oxygens (including phenoxy) is 1. The van der Waals surface area contributed by atoms with Crippen molar-refractivity contribution in [3.63, 3.8) is 0 Å². The van der Waals surface area contributed by atoms with Crippen molar-refractivity contribution in [2.45, 2.75) is 6.54 Å². The predicted octanol–water partition coefficient (Wildman–Crippen LogP) is 2.33. The number of thiazole rings is 1. The largest absolute Gasteiger partial charge is 0.496 e. The first-order valence-corrected chi connectivity index (χ1v) is 8.28. The van der Waals surface area contributed by atoms with Crippen LogP contribution in [0.15, 0.2) is 40.9 Å². The van der Waals surface area contributed by atoms with E-state index >= 15 is 0 Å². The second-order valence-corrected chi connectivity index (χ2v) is 6.01. The molecule has 0 saturated heterocycles. The van der Waals surface area contributed by atoms with Crippen LogP contribution in [0.5, 0.6) is 5.75 Å². The zero-order chi connectivity index (χ0) is 18.5. The van der Waals surface area contributed by atoms with Gasteiger partial charge in [0.05, 0.1) is 37.2 Å². The summed E-state index contributed by atoms with van der Waals surface area (Å²) in [5.41, 5.74) is 9.98. The monoisotopic (exact) mass is 373 g/mol. The fraction of sp³-hybridized carbons (Fsp3) is 0.133. The van der Waals surface area contributed by atoms with Crippen molar-refractivity contribution < 1.29 is 9.66 Å². The zero-order valence-corrected chi connectivity index (χ0v) is 14.5. The van der Waals surface area contributed by atoms with E-state index in [2.05, 4.69) is 20.6 Å². The highest BCUT2D eigenvalue weighted by atomic mass is 32.1. The van der Waals surface area contributed by atoms with Crippen molar-refractivity contribution in [3.8, 4) is 5.75 Å². The van der Waals surface area contributed by atoms with Crippen LogP contribution >= 0.6 is 11.3 Å². The van der Waals surface area contributed by atoms with Gasteiger partial charge in [0.1, 0.15) is 11.6 Å². The number of methoxy groups -OCH3 is 1. The van der Waals surface area contributed by atoms with E-state index in [1.165, 1.54) is 22.1 Å². The lowest BCUT2D eigenvalue weighted by molar-refractivity contribution is -0.389. The molecule has 11 heteroatoms. The van der Waals surface area contributed by atoms with Gasteiger partial charge in [0, 0.05) is 10.9 Å². The minimum atomic E-state index is -0.534. The van der Waals surface area contributed by atoms with Crippen LogP contribution in [-0.4, -0.2) is 33.0 Å². The summed E-state index contributed by atoms with van der Waals surface area (Å²) < 4.78 is 6.83. The summed E-state index contributed by atoms with van der Waals surface area (Å²) in [6.45, 7) is 0.329. The summed E-state index contributed by atoms with van der Waals surface area (Å²) in [4.78, 5) is 14.3. The van der Waals surface area contributed by atoms with Crippen molar-refractivity contribution in [1.82, 2.24) is 14.8 Å². The Morgan fingerprint density at radius 3 is 3.00 bits per heavy atom. The third-order valence-corrected chi connectivity index (χ3v) is 4.11. The summed E-state index contributed by atoms with van der Waals surface area (Å²) in [6.07, 6.45) is 3.18. The fourth-order valence-electron chi connectivity index (χ4n) is 2.21. The molecule has 0 bridgehead atoms. The van der Waals surface area contributed by atoms with Crippen molar-refractivity contribution in [3.05, 3.63) is 57.1 Å². The van der Waals surface area contributed by atoms with Gasteiger partial charge in [-0.15, -0.1) is 11.3 Å². The lowest BCUT2D eigenvalue weighted by Crippen LogP contribution is -2.04. The summed E-state index contributed by atoms with van der Waals surface area (Å²) in [5.74, 6) is 0.891. The molecule has 2 aromatic heterocycles. The van der Waals surface area contributed by atoms with E-state index in [0.717, 1.165) is 11.1 Å². The first-order valence-electron chi connectivity index (χ1n) is 7.40. The Labute approximate surface area is 152 Å². The molecule has 10 nitrogen and oxygen atoms in total. The maximum absolute atomic E-state index is 10.7. The van der Waals surface area contributed by atoms with Gasteiger partial charge in [-0.25, -0.2) is 4.98 Å². The van der Waals surface area contributed by atoms with Gasteiger partial charge in [0.2, 0.25) is 5.13 Å². The molecule has 0 aliphatic heterocycles. The van der Waals surface area contributed by atoms with Gasteiger partial charge in [0.25, 0.3) is 0 Å². The van der Waals surface area contributed by atoms with Crippen molar-refractivity contribution in [1.29, 1.82) is 0 Å². The van der Waals surface area contributed by atoms with Crippen LogP contribution in [0.4, 0.5) is 16.8 Å². The average Bonchev–Trinajstić information content (AvgIpc) is 3.24. The van der Waals surface area contributed by atoms with Crippen LogP contribution in [0.3, 0.4) is 0 Å².